The van der Waals surface area contributed by atoms with Crippen LogP contribution >= 0.6 is 15.9 Å². The zero-order valence-electron chi connectivity index (χ0n) is 8.74. The fraction of sp³-hybridized carbons (Fsp3) is 0.200. The van der Waals surface area contributed by atoms with E-state index in [2.05, 4.69) is 30.8 Å². The van der Waals surface area contributed by atoms with Crippen LogP contribution < -0.4 is 4.74 Å². The third-order valence-electron chi connectivity index (χ3n) is 1.94. The molecule has 1 heterocycles. The average Bonchev–Trinajstić information content (AvgIpc) is 2.76. The lowest BCUT2D eigenvalue weighted by Gasteiger charge is -2.10. The Morgan fingerprint density at radius 3 is 2.61 bits per heavy atom. The standard InChI is InChI=1S/C10H6BrF3N2O2/c11-5-8-15-9(16-18-8)6-3-1-2-4-7(6)17-10(12,13)14/h1-4H,5H2. The molecule has 96 valence electrons. The topological polar surface area (TPSA) is 48.2 Å². The Kier molecular flexibility index (Phi) is 3.55. The molecule has 0 radical (unpaired) electrons. The zero-order chi connectivity index (χ0) is 13.2. The van der Waals surface area contributed by atoms with Gasteiger partial charge in [0, 0.05) is 0 Å². The summed E-state index contributed by atoms with van der Waals surface area (Å²) in [5, 5.41) is 3.91. The minimum atomic E-state index is -4.77. The largest absolute Gasteiger partial charge is 0.573 e. The van der Waals surface area contributed by atoms with Crippen molar-refractivity contribution in [3.05, 3.63) is 30.2 Å². The monoisotopic (exact) mass is 322 g/mol. The molecule has 0 N–H and O–H groups in total. The molecular formula is C10H6BrF3N2O2. The number of para-hydroxylation sites is 1. The molecule has 1 aromatic heterocycles. The molecular weight excluding hydrogens is 317 g/mol. The van der Waals surface area contributed by atoms with Gasteiger partial charge < -0.3 is 9.26 Å². The van der Waals surface area contributed by atoms with Gasteiger partial charge in [-0.3, -0.25) is 0 Å². The number of benzene rings is 1. The summed E-state index contributed by atoms with van der Waals surface area (Å²) in [7, 11) is 0. The molecule has 8 heteroatoms. The Morgan fingerprint density at radius 1 is 1.28 bits per heavy atom. The molecule has 0 fully saturated rings. The number of halogens is 4. The Hall–Kier alpha value is -1.57. The van der Waals surface area contributed by atoms with Gasteiger partial charge in [-0.15, -0.1) is 13.2 Å². The highest BCUT2D eigenvalue weighted by Crippen LogP contribution is 2.32. The third-order valence-corrected chi connectivity index (χ3v) is 2.42. The van der Waals surface area contributed by atoms with E-state index in [0.717, 1.165) is 0 Å². The second-order valence-corrected chi connectivity index (χ2v) is 3.75. The van der Waals surface area contributed by atoms with Crippen LogP contribution in [0.15, 0.2) is 28.8 Å². The molecule has 0 saturated carbocycles. The number of ether oxygens (including phenoxy) is 1. The van der Waals surface area contributed by atoms with Crippen LogP contribution in [-0.2, 0) is 5.33 Å². The van der Waals surface area contributed by atoms with Gasteiger partial charge in [-0.05, 0) is 12.1 Å². The molecule has 0 aliphatic heterocycles. The van der Waals surface area contributed by atoms with E-state index in [1.807, 2.05) is 0 Å². The van der Waals surface area contributed by atoms with Crippen LogP contribution in [0, 0.1) is 0 Å². The minimum absolute atomic E-state index is 0.0456. The maximum Gasteiger partial charge on any atom is 0.573 e. The zero-order valence-corrected chi connectivity index (χ0v) is 10.3. The van der Waals surface area contributed by atoms with Crippen LogP contribution in [0.3, 0.4) is 0 Å². The van der Waals surface area contributed by atoms with E-state index in [-0.39, 0.29) is 23.0 Å². The maximum atomic E-state index is 12.2. The lowest BCUT2D eigenvalue weighted by Crippen LogP contribution is -2.17. The highest BCUT2D eigenvalue weighted by molar-refractivity contribution is 9.08. The summed E-state index contributed by atoms with van der Waals surface area (Å²) in [6.07, 6.45) is -4.77. The number of hydrogen-bond acceptors (Lipinski definition) is 4. The molecule has 0 amide bonds. The van der Waals surface area contributed by atoms with Gasteiger partial charge in [0.1, 0.15) is 5.75 Å². The van der Waals surface area contributed by atoms with Crippen molar-refractivity contribution in [2.24, 2.45) is 0 Å². The van der Waals surface area contributed by atoms with Gasteiger partial charge in [-0.25, -0.2) is 0 Å². The van der Waals surface area contributed by atoms with E-state index >= 15 is 0 Å². The highest BCUT2D eigenvalue weighted by atomic mass is 79.9. The Bertz CT molecular complexity index is 542. The predicted octanol–water partition coefficient (Wildman–Crippen LogP) is 3.53. The van der Waals surface area contributed by atoms with Gasteiger partial charge in [0.15, 0.2) is 0 Å². The number of nitrogens with zero attached hydrogens (tertiary/aromatic N) is 2. The average molecular weight is 323 g/mol. The van der Waals surface area contributed by atoms with Crippen LogP contribution in [0.2, 0.25) is 0 Å². The first-order valence-electron chi connectivity index (χ1n) is 4.73. The molecule has 0 bridgehead atoms. The Balaban J connectivity index is 2.38. The Labute approximate surface area is 108 Å². The molecule has 4 nitrogen and oxygen atoms in total. The summed E-state index contributed by atoms with van der Waals surface area (Å²) in [6.45, 7) is 0. The molecule has 2 rings (SSSR count). The van der Waals surface area contributed by atoms with Crippen LogP contribution in [0.4, 0.5) is 13.2 Å². The van der Waals surface area contributed by atoms with Crippen molar-refractivity contribution in [1.29, 1.82) is 0 Å². The van der Waals surface area contributed by atoms with Gasteiger partial charge in [0.25, 0.3) is 0 Å². The predicted molar refractivity (Wildman–Crippen MR) is 59.0 cm³/mol. The van der Waals surface area contributed by atoms with Crippen molar-refractivity contribution in [3.8, 4) is 17.1 Å². The van der Waals surface area contributed by atoms with E-state index in [1.54, 1.807) is 6.07 Å². The smallest absolute Gasteiger partial charge is 0.405 e. The second kappa shape index (κ2) is 4.97. The number of alkyl halides is 4. The van der Waals surface area contributed by atoms with Crippen LogP contribution in [0.25, 0.3) is 11.4 Å². The number of aromatic nitrogens is 2. The molecule has 0 spiro atoms. The van der Waals surface area contributed by atoms with E-state index in [9.17, 15) is 13.2 Å². The van der Waals surface area contributed by atoms with Crippen LogP contribution in [0.1, 0.15) is 5.89 Å². The van der Waals surface area contributed by atoms with Crippen LogP contribution in [-0.4, -0.2) is 16.5 Å². The fourth-order valence-electron chi connectivity index (χ4n) is 1.28. The van der Waals surface area contributed by atoms with Crippen molar-refractivity contribution < 1.29 is 22.4 Å². The van der Waals surface area contributed by atoms with Gasteiger partial charge in [-0.1, -0.05) is 33.2 Å². The SMILES string of the molecule is FC(F)(F)Oc1ccccc1-c1noc(CBr)n1. The first-order valence-corrected chi connectivity index (χ1v) is 5.85. The van der Waals surface area contributed by atoms with E-state index in [4.69, 9.17) is 4.52 Å². The third kappa shape index (κ3) is 3.00. The fourth-order valence-corrected chi connectivity index (χ4v) is 1.51. The molecule has 0 atom stereocenters. The molecule has 0 unspecified atom stereocenters. The van der Waals surface area contributed by atoms with Crippen molar-refractivity contribution >= 4 is 15.9 Å². The minimum Gasteiger partial charge on any atom is -0.405 e. The highest BCUT2D eigenvalue weighted by Gasteiger charge is 2.32. The van der Waals surface area contributed by atoms with Gasteiger partial charge >= 0.3 is 6.36 Å². The molecule has 1 aromatic carbocycles. The summed E-state index contributed by atoms with van der Waals surface area (Å²) < 4.78 is 45.3. The number of rotatable bonds is 3. The van der Waals surface area contributed by atoms with Crippen LogP contribution in [0.5, 0.6) is 5.75 Å². The Morgan fingerprint density at radius 2 is 2.00 bits per heavy atom. The molecule has 2 aromatic rings. The van der Waals surface area contributed by atoms with Crippen molar-refractivity contribution in [1.82, 2.24) is 10.1 Å². The summed E-state index contributed by atoms with van der Waals surface area (Å²) in [6, 6.07) is 5.59. The van der Waals surface area contributed by atoms with Gasteiger partial charge in [0.05, 0.1) is 10.9 Å². The van der Waals surface area contributed by atoms with Crippen molar-refractivity contribution in [2.75, 3.05) is 0 Å². The number of hydrogen-bond donors (Lipinski definition) is 0. The summed E-state index contributed by atoms with van der Waals surface area (Å²) in [5.41, 5.74) is 0.116. The molecule has 18 heavy (non-hydrogen) atoms. The van der Waals surface area contributed by atoms with Crippen molar-refractivity contribution in [3.63, 3.8) is 0 Å². The quantitative estimate of drug-likeness (QED) is 0.811. The van der Waals surface area contributed by atoms with E-state index < -0.39 is 6.36 Å². The van der Waals surface area contributed by atoms with E-state index in [1.165, 1.54) is 18.2 Å². The van der Waals surface area contributed by atoms with Gasteiger partial charge in [0.2, 0.25) is 11.7 Å². The van der Waals surface area contributed by atoms with E-state index in [0.29, 0.717) is 5.33 Å². The molecule has 0 aliphatic carbocycles. The summed E-state index contributed by atoms with van der Waals surface area (Å²) >= 11 is 3.10. The first kappa shape index (κ1) is 12.9. The first-order chi connectivity index (χ1) is 8.49. The molecule has 0 aliphatic rings. The maximum absolute atomic E-state index is 12.2. The second-order valence-electron chi connectivity index (χ2n) is 3.19. The van der Waals surface area contributed by atoms with Gasteiger partial charge in [-0.2, -0.15) is 4.98 Å². The summed E-state index contributed by atoms with van der Waals surface area (Å²) in [4.78, 5) is 3.92. The van der Waals surface area contributed by atoms with Crippen molar-refractivity contribution in [2.45, 2.75) is 11.7 Å². The molecule has 0 saturated heterocycles. The normalized spacial score (nSPS) is 11.6. The lowest BCUT2D eigenvalue weighted by molar-refractivity contribution is -0.274. The summed E-state index contributed by atoms with van der Waals surface area (Å²) in [5.74, 6) is -0.0527. The lowest BCUT2D eigenvalue weighted by atomic mass is 10.2.